The number of hydrogen-bond donors (Lipinski definition) is 1. The van der Waals surface area contributed by atoms with Crippen LogP contribution in [0.15, 0.2) is 36.4 Å². The Bertz CT molecular complexity index is 880. The molecule has 11 heteroatoms. The minimum atomic E-state index is -4.53. The minimum absolute atomic E-state index is 0.0135. The molecule has 2 aromatic carbocycles. The lowest BCUT2D eigenvalue weighted by Crippen LogP contribution is -2.23. The summed E-state index contributed by atoms with van der Waals surface area (Å²) in [6.07, 6.45) is -4.53. The maximum Gasteiger partial charge on any atom is 0.416 e. The molecule has 30 heavy (non-hydrogen) atoms. The van der Waals surface area contributed by atoms with E-state index in [1.165, 1.54) is 18.2 Å². The number of rotatable bonds is 10. The second-order valence-corrected chi connectivity index (χ2v) is 6.70. The van der Waals surface area contributed by atoms with Crippen molar-refractivity contribution in [2.75, 3.05) is 32.2 Å². The Hall–Kier alpha value is -2.56. The number of hydrogen-bond acceptors (Lipinski definition) is 6. The van der Waals surface area contributed by atoms with Gasteiger partial charge >= 0.3 is 6.18 Å². The quantitative estimate of drug-likeness (QED) is 0.292. The van der Waals surface area contributed by atoms with E-state index >= 15 is 0 Å². The van der Waals surface area contributed by atoms with Gasteiger partial charge in [0.05, 0.1) is 35.3 Å². The van der Waals surface area contributed by atoms with Gasteiger partial charge in [0.2, 0.25) is 0 Å². The molecule has 0 aliphatic carbocycles. The molecule has 0 amide bonds. The molecule has 0 heterocycles. The number of anilines is 1. The molecule has 0 saturated carbocycles. The van der Waals surface area contributed by atoms with Gasteiger partial charge in [0.25, 0.3) is 5.69 Å². The SMILES string of the molecule is COCCOCC(C)Nc1cc(Oc2ccc(C(F)(F)F)cc2Cl)ccc1[N+](=O)[O-]. The fourth-order valence-corrected chi connectivity index (χ4v) is 2.67. The van der Waals surface area contributed by atoms with Gasteiger partial charge in [-0.25, -0.2) is 0 Å². The third-order valence-electron chi connectivity index (χ3n) is 3.85. The predicted octanol–water partition coefficient (Wildman–Crippen LogP) is 5.52. The van der Waals surface area contributed by atoms with E-state index in [0.29, 0.717) is 13.2 Å². The molecule has 2 aromatic rings. The summed E-state index contributed by atoms with van der Waals surface area (Å²) in [4.78, 5) is 10.7. The first-order valence-corrected chi connectivity index (χ1v) is 9.16. The molecule has 1 unspecified atom stereocenters. The molecule has 0 radical (unpaired) electrons. The number of halogens is 4. The van der Waals surface area contributed by atoms with Gasteiger partial charge in [-0.2, -0.15) is 13.2 Å². The lowest BCUT2D eigenvalue weighted by molar-refractivity contribution is -0.384. The largest absolute Gasteiger partial charge is 0.456 e. The van der Waals surface area contributed by atoms with E-state index in [9.17, 15) is 23.3 Å². The Morgan fingerprint density at radius 3 is 2.53 bits per heavy atom. The first kappa shape index (κ1) is 23.7. The molecular formula is C19H20ClF3N2O5. The lowest BCUT2D eigenvalue weighted by Gasteiger charge is -2.17. The Kier molecular flexibility index (Phi) is 8.27. The van der Waals surface area contributed by atoms with E-state index in [2.05, 4.69) is 5.32 Å². The number of methoxy groups -OCH3 is 1. The van der Waals surface area contributed by atoms with Gasteiger partial charge in [0.15, 0.2) is 0 Å². The van der Waals surface area contributed by atoms with Crippen LogP contribution in [0, 0.1) is 10.1 Å². The summed E-state index contributed by atoms with van der Waals surface area (Å²) in [5.41, 5.74) is -0.929. The third-order valence-corrected chi connectivity index (χ3v) is 4.15. The van der Waals surface area contributed by atoms with E-state index in [1.807, 2.05) is 0 Å². The third kappa shape index (κ3) is 6.75. The number of ether oxygens (including phenoxy) is 3. The van der Waals surface area contributed by atoms with E-state index in [1.54, 1.807) is 14.0 Å². The van der Waals surface area contributed by atoms with E-state index in [4.69, 9.17) is 25.8 Å². The molecular weight excluding hydrogens is 429 g/mol. The maximum absolute atomic E-state index is 12.8. The summed E-state index contributed by atoms with van der Waals surface area (Å²) in [5.74, 6) is 0.151. The van der Waals surface area contributed by atoms with E-state index in [0.717, 1.165) is 18.2 Å². The molecule has 0 bridgehead atoms. The minimum Gasteiger partial charge on any atom is -0.456 e. The highest BCUT2D eigenvalue weighted by Gasteiger charge is 2.31. The van der Waals surface area contributed by atoms with Crippen molar-refractivity contribution in [2.24, 2.45) is 0 Å². The molecule has 0 aliphatic heterocycles. The zero-order valence-corrected chi connectivity index (χ0v) is 16.9. The van der Waals surface area contributed by atoms with Crippen molar-refractivity contribution >= 4 is 23.0 Å². The average molecular weight is 449 g/mol. The second kappa shape index (κ2) is 10.5. The van der Waals surface area contributed by atoms with Crippen molar-refractivity contribution in [2.45, 2.75) is 19.1 Å². The Balaban J connectivity index is 2.18. The van der Waals surface area contributed by atoms with Crippen molar-refractivity contribution in [3.05, 3.63) is 57.1 Å². The van der Waals surface area contributed by atoms with Crippen LogP contribution < -0.4 is 10.1 Å². The van der Waals surface area contributed by atoms with Crippen molar-refractivity contribution in [1.82, 2.24) is 0 Å². The Labute approximate surface area is 175 Å². The van der Waals surface area contributed by atoms with Crippen LogP contribution in [0.2, 0.25) is 5.02 Å². The first-order chi connectivity index (χ1) is 14.1. The van der Waals surface area contributed by atoms with Crippen molar-refractivity contribution in [1.29, 1.82) is 0 Å². The van der Waals surface area contributed by atoms with Crippen molar-refractivity contribution in [3.63, 3.8) is 0 Å². The fraction of sp³-hybridized carbons (Fsp3) is 0.368. The van der Waals surface area contributed by atoms with Crippen LogP contribution >= 0.6 is 11.6 Å². The van der Waals surface area contributed by atoms with Gasteiger partial charge in [-0.1, -0.05) is 11.6 Å². The van der Waals surface area contributed by atoms with Crippen LogP contribution in [0.1, 0.15) is 12.5 Å². The molecule has 164 valence electrons. The van der Waals surface area contributed by atoms with Gasteiger partial charge < -0.3 is 19.5 Å². The second-order valence-electron chi connectivity index (χ2n) is 6.29. The zero-order chi connectivity index (χ0) is 22.3. The van der Waals surface area contributed by atoms with Gasteiger partial charge in [-0.05, 0) is 31.2 Å². The van der Waals surface area contributed by atoms with Gasteiger partial charge in [0, 0.05) is 25.3 Å². The topological polar surface area (TPSA) is 82.9 Å². The van der Waals surface area contributed by atoms with Crippen LogP contribution in [-0.2, 0) is 15.7 Å². The molecule has 0 aliphatic rings. The monoisotopic (exact) mass is 448 g/mol. The van der Waals surface area contributed by atoms with E-state index in [-0.39, 0.29) is 40.5 Å². The standard InChI is InChI=1S/C19H20ClF3N2O5/c1-12(11-29-8-7-28-2)24-16-10-14(4-5-17(16)25(26)27)30-18-6-3-13(9-15(18)20)19(21,22)23/h3-6,9-10,12,24H,7-8,11H2,1-2H3. The summed E-state index contributed by atoms with van der Waals surface area (Å²) in [5, 5.41) is 14.0. The summed E-state index contributed by atoms with van der Waals surface area (Å²) in [6.45, 7) is 2.84. The highest BCUT2D eigenvalue weighted by molar-refractivity contribution is 6.32. The van der Waals surface area contributed by atoms with Gasteiger partial charge in [-0.15, -0.1) is 0 Å². The van der Waals surface area contributed by atoms with Gasteiger partial charge in [-0.3, -0.25) is 10.1 Å². The molecule has 0 saturated heterocycles. The smallest absolute Gasteiger partial charge is 0.416 e. The molecule has 0 aromatic heterocycles. The van der Waals surface area contributed by atoms with Crippen LogP contribution in [0.4, 0.5) is 24.5 Å². The summed E-state index contributed by atoms with van der Waals surface area (Å²) in [6, 6.07) is 6.34. The Morgan fingerprint density at radius 1 is 1.20 bits per heavy atom. The zero-order valence-electron chi connectivity index (χ0n) is 16.2. The molecule has 7 nitrogen and oxygen atoms in total. The van der Waals surface area contributed by atoms with E-state index < -0.39 is 16.7 Å². The number of nitro groups is 1. The average Bonchev–Trinajstić information content (AvgIpc) is 2.66. The van der Waals surface area contributed by atoms with Crippen LogP contribution in [0.25, 0.3) is 0 Å². The van der Waals surface area contributed by atoms with Crippen LogP contribution in [-0.4, -0.2) is 37.9 Å². The first-order valence-electron chi connectivity index (χ1n) is 8.78. The summed E-state index contributed by atoms with van der Waals surface area (Å²) >= 11 is 5.90. The normalized spacial score (nSPS) is 12.5. The fourth-order valence-electron chi connectivity index (χ4n) is 2.45. The lowest BCUT2D eigenvalue weighted by atomic mass is 10.2. The number of benzene rings is 2. The van der Waals surface area contributed by atoms with Crippen LogP contribution in [0.5, 0.6) is 11.5 Å². The molecule has 1 N–H and O–H groups in total. The maximum atomic E-state index is 12.8. The molecule has 0 spiro atoms. The molecule has 2 rings (SSSR count). The summed E-state index contributed by atoms with van der Waals surface area (Å²) < 4.78 is 54.1. The van der Waals surface area contributed by atoms with Crippen molar-refractivity contribution in [3.8, 4) is 11.5 Å². The molecule has 0 fully saturated rings. The highest BCUT2D eigenvalue weighted by Crippen LogP contribution is 2.38. The van der Waals surface area contributed by atoms with Crippen molar-refractivity contribution < 1.29 is 32.3 Å². The van der Waals surface area contributed by atoms with Gasteiger partial charge in [0.1, 0.15) is 17.2 Å². The predicted molar refractivity (Wildman–Crippen MR) is 105 cm³/mol. The number of nitrogens with one attached hydrogen (secondary N) is 1. The highest BCUT2D eigenvalue weighted by atomic mass is 35.5. The van der Waals surface area contributed by atoms with Crippen LogP contribution in [0.3, 0.4) is 0 Å². The number of nitro benzene ring substituents is 1. The molecule has 1 atom stereocenters. The number of alkyl halides is 3. The number of nitrogens with zero attached hydrogens (tertiary/aromatic N) is 1. The summed E-state index contributed by atoms with van der Waals surface area (Å²) in [7, 11) is 1.54. The Morgan fingerprint density at radius 2 is 1.93 bits per heavy atom.